The highest BCUT2D eigenvalue weighted by Gasteiger charge is 2.27. The van der Waals surface area contributed by atoms with Crippen LogP contribution in [0.1, 0.15) is 48.7 Å². The first-order valence-electron chi connectivity index (χ1n) is 12.7. The number of nitrogens with two attached hydrogens (primary N) is 1. The van der Waals surface area contributed by atoms with Crippen molar-refractivity contribution in [3.8, 4) is 5.75 Å². The van der Waals surface area contributed by atoms with Crippen LogP contribution >= 0.6 is 8.38 Å². The lowest BCUT2D eigenvalue weighted by Crippen LogP contribution is -2.13. The van der Waals surface area contributed by atoms with Crippen LogP contribution in [0.2, 0.25) is 0 Å². The van der Waals surface area contributed by atoms with Gasteiger partial charge in [0, 0.05) is 12.5 Å². The molecule has 1 fully saturated rings. The van der Waals surface area contributed by atoms with E-state index in [9.17, 15) is 14.0 Å². The molecule has 214 valence electrons. The van der Waals surface area contributed by atoms with Gasteiger partial charge in [0.2, 0.25) is 5.95 Å². The number of nitrogens with one attached hydrogen (secondary N) is 1. The lowest BCUT2D eigenvalue weighted by atomic mass is 10.0. The highest BCUT2D eigenvalue weighted by Crippen LogP contribution is 2.42. The first-order chi connectivity index (χ1) is 19.4. The van der Waals surface area contributed by atoms with Gasteiger partial charge in [0.1, 0.15) is 13.0 Å². The van der Waals surface area contributed by atoms with Crippen molar-refractivity contribution in [3.05, 3.63) is 68.4 Å². The quantitative estimate of drug-likeness (QED) is 0.175. The molecule has 1 aliphatic rings. The minimum absolute atomic E-state index is 0.0108. The summed E-state index contributed by atoms with van der Waals surface area (Å²) in [6.45, 7) is 0.568. The van der Waals surface area contributed by atoms with Gasteiger partial charge in [0.05, 0.1) is 26.7 Å². The summed E-state index contributed by atoms with van der Waals surface area (Å²) >= 11 is 0. The van der Waals surface area contributed by atoms with Crippen molar-refractivity contribution in [3.63, 3.8) is 0 Å². The van der Waals surface area contributed by atoms with Crippen LogP contribution in [-0.4, -0.2) is 39.6 Å². The highest BCUT2D eigenvalue weighted by atomic mass is 31.2. The Morgan fingerprint density at radius 3 is 2.77 bits per heavy atom. The van der Waals surface area contributed by atoms with E-state index in [1.165, 1.54) is 25.6 Å². The van der Waals surface area contributed by atoms with Crippen molar-refractivity contribution in [2.24, 2.45) is 0 Å². The smallest absolute Gasteiger partial charge is 0.494 e. The molecule has 4 aromatic rings. The fourth-order valence-electron chi connectivity index (χ4n) is 4.54. The number of anilines is 1. The zero-order valence-corrected chi connectivity index (χ0v) is 22.7. The summed E-state index contributed by atoms with van der Waals surface area (Å²) < 4.78 is 49.1. The number of halogens is 1. The van der Waals surface area contributed by atoms with Gasteiger partial charge in [-0.15, -0.1) is 0 Å². The summed E-state index contributed by atoms with van der Waals surface area (Å²) in [5.41, 5.74) is 6.32. The molecule has 0 amide bonds. The lowest BCUT2D eigenvalue weighted by Gasteiger charge is -2.18. The van der Waals surface area contributed by atoms with E-state index in [0.29, 0.717) is 29.3 Å². The molecule has 0 aliphatic heterocycles. The van der Waals surface area contributed by atoms with Crippen molar-refractivity contribution in [1.82, 2.24) is 19.5 Å². The number of ether oxygens (including phenoxy) is 2. The molecule has 40 heavy (non-hydrogen) atoms. The molecule has 1 atom stereocenters. The van der Waals surface area contributed by atoms with Crippen LogP contribution in [0.3, 0.4) is 0 Å². The Morgan fingerprint density at radius 1 is 1.20 bits per heavy atom. The summed E-state index contributed by atoms with van der Waals surface area (Å²) in [5.74, 6) is -0.181. The molecule has 3 aromatic heterocycles. The fraction of sp³-hybridized carbons (Fsp3) is 0.440. The molecule has 0 bridgehead atoms. The Labute approximate surface area is 228 Å². The maximum atomic E-state index is 14.2. The Hall–Kier alpha value is -3.58. The van der Waals surface area contributed by atoms with Gasteiger partial charge >= 0.3 is 5.82 Å². The number of hydrogen-bond acceptors (Lipinski definition) is 11. The molecule has 3 heterocycles. The van der Waals surface area contributed by atoms with Gasteiger partial charge in [-0.3, -0.25) is 9.78 Å². The molecule has 0 radical (unpaired) electrons. The Morgan fingerprint density at radius 2 is 2.00 bits per heavy atom. The van der Waals surface area contributed by atoms with Crippen LogP contribution in [0.5, 0.6) is 5.75 Å². The van der Waals surface area contributed by atoms with Crippen molar-refractivity contribution >= 4 is 25.5 Å². The summed E-state index contributed by atoms with van der Waals surface area (Å²) in [7, 11) is -0.262. The predicted molar refractivity (Wildman–Crippen MR) is 141 cm³/mol. The second-order valence-corrected chi connectivity index (χ2v) is 10.6. The van der Waals surface area contributed by atoms with Crippen LogP contribution in [0.4, 0.5) is 10.3 Å². The molecule has 5 rings (SSSR count). The van der Waals surface area contributed by atoms with E-state index in [-0.39, 0.29) is 49.3 Å². The van der Waals surface area contributed by atoms with Crippen LogP contribution < -0.4 is 21.9 Å². The zero-order valence-electron chi connectivity index (χ0n) is 21.8. The number of imidazole rings is 1. The number of fused-ring (bicyclic) bond motifs is 1. The number of nitrogen functional groups attached to an aromatic ring is 1. The van der Waals surface area contributed by atoms with Crippen molar-refractivity contribution in [2.45, 2.75) is 51.4 Å². The molecule has 1 unspecified atom stereocenters. The van der Waals surface area contributed by atoms with Crippen LogP contribution in [-0.2, 0) is 33.5 Å². The maximum Gasteiger partial charge on any atom is 0.519 e. The van der Waals surface area contributed by atoms with E-state index < -0.39 is 25.6 Å². The molecule has 15 heteroatoms. The van der Waals surface area contributed by atoms with Gasteiger partial charge in [-0.05, 0) is 30.5 Å². The van der Waals surface area contributed by atoms with Crippen molar-refractivity contribution < 1.29 is 31.7 Å². The number of aromatic nitrogens is 4. The minimum Gasteiger partial charge on any atom is -0.494 e. The minimum atomic E-state index is -1.65. The third-order valence-electron chi connectivity index (χ3n) is 6.50. The van der Waals surface area contributed by atoms with Gasteiger partial charge in [-0.2, -0.15) is 4.98 Å². The number of methoxy groups -OCH3 is 1. The third-order valence-corrected chi connectivity index (χ3v) is 7.73. The summed E-state index contributed by atoms with van der Waals surface area (Å²) in [5, 5.41) is 0. The number of aromatic amines is 1. The van der Waals surface area contributed by atoms with Crippen LogP contribution in [0.15, 0.2) is 42.9 Å². The summed E-state index contributed by atoms with van der Waals surface area (Å²) in [4.78, 5) is 34.5. The average molecular weight is 578 g/mol. The molecule has 13 nitrogen and oxygen atoms in total. The molecular weight excluding hydrogens is 548 g/mol. The van der Waals surface area contributed by atoms with Gasteiger partial charge in [0.15, 0.2) is 42.6 Å². The Balaban J connectivity index is 1.23. The van der Waals surface area contributed by atoms with E-state index in [1.54, 1.807) is 10.6 Å². The SMILES string of the molecule is COc1ccc(COP(COCCn2cnc3c(=O)[nH]c(N)nc32)OCc2oc(=O)oc2C2CCCC2)cc1F. The van der Waals surface area contributed by atoms with Gasteiger partial charge in [0.25, 0.3) is 5.56 Å². The van der Waals surface area contributed by atoms with Gasteiger partial charge in [-0.25, -0.2) is 14.2 Å². The topological polar surface area (TPSA) is 170 Å². The number of hydrogen-bond donors (Lipinski definition) is 2. The Bertz CT molecular complexity index is 1560. The second kappa shape index (κ2) is 12.7. The van der Waals surface area contributed by atoms with E-state index in [0.717, 1.165) is 25.7 Å². The number of nitrogens with zero attached hydrogens (tertiary/aromatic N) is 3. The fourth-order valence-corrected chi connectivity index (χ4v) is 5.60. The molecule has 0 spiro atoms. The molecule has 1 saturated carbocycles. The lowest BCUT2D eigenvalue weighted by molar-refractivity contribution is 0.135. The summed E-state index contributed by atoms with van der Waals surface area (Å²) in [6.07, 6.45) is 5.51. The van der Waals surface area contributed by atoms with Crippen molar-refractivity contribution in [1.29, 1.82) is 0 Å². The molecule has 1 aliphatic carbocycles. The zero-order chi connectivity index (χ0) is 28.1. The van der Waals surface area contributed by atoms with Crippen LogP contribution in [0.25, 0.3) is 11.2 Å². The van der Waals surface area contributed by atoms with E-state index in [1.807, 2.05) is 0 Å². The maximum absolute atomic E-state index is 14.2. The first kappa shape index (κ1) is 28.0. The second-order valence-electron chi connectivity index (χ2n) is 9.17. The normalized spacial score (nSPS) is 14.8. The van der Waals surface area contributed by atoms with Crippen LogP contribution in [0, 0.1) is 5.82 Å². The van der Waals surface area contributed by atoms with E-state index in [2.05, 4.69) is 15.0 Å². The predicted octanol–water partition coefficient (Wildman–Crippen LogP) is 3.77. The molecule has 3 N–H and O–H groups in total. The van der Waals surface area contributed by atoms with Gasteiger partial charge < -0.3 is 37.7 Å². The summed E-state index contributed by atoms with van der Waals surface area (Å²) in [6, 6.07) is 4.53. The highest BCUT2D eigenvalue weighted by molar-refractivity contribution is 7.46. The number of rotatable bonds is 13. The number of benzene rings is 1. The molecule has 0 saturated heterocycles. The first-order valence-corrected chi connectivity index (χ1v) is 14.0. The molecular formula is C25H29FN5O8P. The Kier molecular flexibility index (Phi) is 8.90. The van der Waals surface area contributed by atoms with E-state index in [4.69, 9.17) is 33.1 Å². The van der Waals surface area contributed by atoms with Crippen molar-refractivity contribution in [2.75, 3.05) is 25.8 Å². The largest absolute Gasteiger partial charge is 0.519 e. The number of H-pyrrole nitrogens is 1. The van der Waals surface area contributed by atoms with E-state index >= 15 is 0 Å². The average Bonchev–Trinajstić information content (AvgIpc) is 3.68. The third kappa shape index (κ3) is 6.58. The monoisotopic (exact) mass is 577 g/mol. The van der Waals surface area contributed by atoms with Gasteiger partial charge in [-0.1, -0.05) is 18.9 Å². The standard InChI is InChI=1S/C25H29FN5O8P/c1-34-18-7-6-15(10-17(18)26)11-36-40(37-12-19-21(39-25(33)38-19)16-4-2-3-5-16)14-35-9-8-31-13-28-20-22(31)29-24(27)30-23(20)32/h6-7,10,13,16H,2-5,8-9,11-12,14H2,1H3,(H3,27,29,30,32). The molecule has 1 aromatic carbocycles.